The van der Waals surface area contributed by atoms with Crippen LogP contribution in [0, 0.1) is 0 Å². The van der Waals surface area contributed by atoms with E-state index in [1.54, 1.807) is 25.3 Å². The van der Waals surface area contributed by atoms with Gasteiger partial charge in [0.1, 0.15) is 18.0 Å². The fraction of sp³-hybridized carbons (Fsp3) is 0.250. The van der Waals surface area contributed by atoms with E-state index in [0.29, 0.717) is 36.0 Å². The summed E-state index contributed by atoms with van der Waals surface area (Å²) in [5.74, 6) is 0.908. The maximum absolute atomic E-state index is 13.3. The number of hydrogen-bond donors (Lipinski definition) is 3. The first-order valence-electron chi connectivity index (χ1n) is 12.1. The molecule has 1 aliphatic heterocycles. The maximum Gasteiger partial charge on any atom is 0.259 e. The lowest BCUT2D eigenvalue weighted by atomic mass is 9.78. The van der Waals surface area contributed by atoms with E-state index in [9.17, 15) is 9.59 Å². The predicted octanol–water partition coefficient (Wildman–Crippen LogP) is 4.70. The number of nitrogens with one attached hydrogen (secondary N) is 3. The van der Waals surface area contributed by atoms with Crippen LogP contribution in [0.3, 0.4) is 0 Å². The van der Waals surface area contributed by atoms with Gasteiger partial charge in [0.25, 0.3) is 5.91 Å². The summed E-state index contributed by atoms with van der Waals surface area (Å²) in [7, 11) is 1.81. The van der Waals surface area contributed by atoms with Crippen molar-refractivity contribution in [1.82, 2.24) is 19.9 Å². The molecule has 2 amide bonds. The second kappa shape index (κ2) is 9.50. The minimum atomic E-state index is -0.283. The average molecular weight is 496 g/mol. The van der Waals surface area contributed by atoms with E-state index in [1.165, 1.54) is 11.9 Å². The van der Waals surface area contributed by atoms with Crippen molar-refractivity contribution in [2.75, 3.05) is 29.5 Å². The van der Waals surface area contributed by atoms with Crippen LogP contribution in [0.5, 0.6) is 0 Å². The fourth-order valence-electron chi connectivity index (χ4n) is 4.87. The largest absolute Gasteiger partial charge is 0.373 e. The van der Waals surface area contributed by atoms with Crippen LogP contribution in [0.4, 0.5) is 23.0 Å². The van der Waals surface area contributed by atoms with Crippen LogP contribution >= 0.6 is 0 Å². The van der Waals surface area contributed by atoms with Gasteiger partial charge in [0.2, 0.25) is 5.91 Å². The van der Waals surface area contributed by atoms with Crippen LogP contribution in [-0.2, 0) is 16.8 Å². The van der Waals surface area contributed by atoms with Gasteiger partial charge in [-0.05, 0) is 53.6 Å². The Morgan fingerprint density at radius 1 is 0.973 bits per heavy atom. The lowest BCUT2D eigenvalue weighted by Gasteiger charge is -2.39. The quantitative estimate of drug-likeness (QED) is 0.368. The summed E-state index contributed by atoms with van der Waals surface area (Å²) in [6.07, 6.45) is 3.15. The van der Waals surface area contributed by atoms with Crippen LogP contribution in [0.1, 0.15) is 42.3 Å². The molecule has 188 valence electrons. The molecule has 0 saturated carbocycles. The molecule has 37 heavy (non-hydrogen) atoms. The average Bonchev–Trinajstić information content (AvgIpc) is 2.88. The van der Waals surface area contributed by atoms with Gasteiger partial charge in [0.15, 0.2) is 0 Å². The summed E-state index contributed by atoms with van der Waals surface area (Å²) < 4.78 is 0. The molecule has 1 aliphatic rings. The third-order valence-corrected chi connectivity index (χ3v) is 6.67. The van der Waals surface area contributed by atoms with Crippen molar-refractivity contribution in [2.24, 2.45) is 0 Å². The number of nitrogens with zero attached hydrogens (tertiary/aromatic N) is 4. The molecule has 0 saturated heterocycles. The Morgan fingerprint density at radius 3 is 2.57 bits per heavy atom. The standard InChI is InChI=1S/C28H29N7O2/c1-17(36)35-14-18-12-19(7-9-23(18)28(2,3)15-35)34-27(37)21-6-5-11-30-26(21)33-20-8-10-24-22(13-20)25(29-4)32-16-31-24/h5-13,16H,14-15H2,1-4H3,(H,30,33)(H,34,37)(H,29,31,32). The molecule has 3 heterocycles. The van der Waals surface area contributed by atoms with Gasteiger partial charge in [-0.1, -0.05) is 19.9 Å². The third-order valence-electron chi connectivity index (χ3n) is 6.67. The minimum absolute atomic E-state index is 0.0429. The summed E-state index contributed by atoms with van der Waals surface area (Å²) >= 11 is 0. The molecule has 0 fully saturated rings. The van der Waals surface area contributed by atoms with Crippen molar-refractivity contribution >= 4 is 45.7 Å². The van der Waals surface area contributed by atoms with Crippen molar-refractivity contribution in [1.29, 1.82) is 0 Å². The number of benzene rings is 2. The number of anilines is 4. The molecular formula is C28H29N7O2. The molecule has 0 aliphatic carbocycles. The normalized spacial score (nSPS) is 14.1. The van der Waals surface area contributed by atoms with E-state index in [4.69, 9.17) is 0 Å². The van der Waals surface area contributed by atoms with Crippen LogP contribution in [0.25, 0.3) is 10.9 Å². The molecule has 5 rings (SSSR count). The highest BCUT2D eigenvalue weighted by Crippen LogP contribution is 2.35. The van der Waals surface area contributed by atoms with E-state index in [2.05, 4.69) is 44.7 Å². The molecule has 0 radical (unpaired) electrons. The molecule has 9 nitrogen and oxygen atoms in total. The van der Waals surface area contributed by atoms with E-state index < -0.39 is 0 Å². The summed E-state index contributed by atoms with van der Waals surface area (Å²) in [6.45, 7) is 7.04. The van der Waals surface area contributed by atoms with E-state index in [-0.39, 0.29) is 17.2 Å². The second-order valence-corrected chi connectivity index (χ2v) is 9.81. The van der Waals surface area contributed by atoms with Crippen molar-refractivity contribution in [3.8, 4) is 0 Å². The molecule has 3 N–H and O–H groups in total. The Morgan fingerprint density at radius 2 is 1.78 bits per heavy atom. The Balaban J connectivity index is 1.40. The lowest BCUT2D eigenvalue weighted by Crippen LogP contribution is -2.44. The smallest absolute Gasteiger partial charge is 0.259 e. The Kier molecular flexibility index (Phi) is 6.20. The molecule has 2 aromatic carbocycles. The Hall–Kier alpha value is -4.53. The minimum Gasteiger partial charge on any atom is -0.373 e. The topological polar surface area (TPSA) is 112 Å². The SMILES string of the molecule is CNc1ncnc2ccc(Nc3ncccc3C(=O)Nc3ccc4c(c3)CN(C(C)=O)CC4(C)C)cc12. The molecule has 0 unspecified atom stereocenters. The highest BCUT2D eigenvalue weighted by atomic mass is 16.2. The number of rotatable bonds is 5. The van der Waals surface area contributed by atoms with Crippen molar-refractivity contribution in [2.45, 2.75) is 32.7 Å². The molecule has 2 aromatic heterocycles. The Bertz CT molecular complexity index is 1520. The maximum atomic E-state index is 13.3. The highest BCUT2D eigenvalue weighted by molar-refractivity contribution is 6.08. The number of fused-ring (bicyclic) bond motifs is 2. The fourth-order valence-corrected chi connectivity index (χ4v) is 4.87. The highest BCUT2D eigenvalue weighted by Gasteiger charge is 2.33. The van der Waals surface area contributed by atoms with Crippen molar-refractivity contribution < 1.29 is 9.59 Å². The van der Waals surface area contributed by atoms with Gasteiger partial charge in [0, 0.05) is 55.4 Å². The first-order valence-corrected chi connectivity index (χ1v) is 12.1. The van der Waals surface area contributed by atoms with Crippen LogP contribution in [-0.4, -0.2) is 45.3 Å². The van der Waals surface area contributed by atoms with Gasteiger partial charge >= 0.3 is 0 Å². The molecule has 9 heteroatoms. The van der Waals surface area contributed by atoms with Gasteiger partial charge in [-0.15, -0.1) is 0 Å². The number of carbonyl (C=O) groups excluding carboxylic acids is 2. The van der Waals surface area contributed by atoms with Gasteiger partial charge in [-0.3, -0.25) is 9.59 Å². The molecule has 0 spiro atoms. The first-order chi connectivity index (χ1) is 17.7. The molecule has 4 aromatic rings. The predicted molar refractivity (Wildman–Crippen MR) is 145 cm³/mol. The monoisotopic (exact) mass is 495 g/mol. The van der Waals surface area contributed by atoms with Crippen LogP contribution in [0.15, 0.2) is 61.1 Å². The summed E-state index contributed by atoms with van der Waals surface area (Å²) in [5, 5.41) is 10.2. The van der Waals surface area contributed by atoms with Crippen molar-refractivity contribution in [3.05, 3.63) is 77.7 Å². The second-order valence-electron chi connectivity index (χ2n) is 9.81. The van der Waals surface area contributed by atoms with Crippen molar-refractivity contribution in [3.63, 3.8) is 0 Å². The third kappa shape index (κ3) is 4.80. The number of aromatic nitrogens is 3. The Labute approximate surface area is 215 Å². The van der Waals surface area contributed by atoms with E-state index in [0.717, 1.165) is 22.2 Å². The molecule has 0 bridgehead atoms. The lowest BCUT2D eigenvalue weighted by molar-refractivity contribution is -0.130. The number of pyridine rings is 1. The van der Waals surface area contributed by atoms with Crippen LogP contribution < -0.4 is 16.0 Å². The van der Waals surface area contributed by atoms with Gasteiger partial charge in [-0.25, -0.2) is 15.0 Å². The van der Waals surface area contributed by atoms with Crippen LogP contribution in [0.2, 0.25) is 0 Å². The number of carbonyl (C=O) groups is 2. The van der Waals surface area contributed by atoms with E-state index in [1.807, 2.05) is 48.3 Å². The molecular weight excluding hydrogens is 466 g/mol. The zero-order valence-corrected chi connectivity index (χ0v) is 21.3. The summed E-state index contributed by atoms with van der Waals surface area (Å²) in [5.41, 5.74) is 4.70. The summed E-state index contributed by atoms with van der Waals surface area (Å²) in [6, 6.07) is 15.1. The zero-order chi connectivity index (χ0) is 26.2. The van der Waals surface area contributed by atoms with Gasteiger partial charge in [-0.2, -0.15) is 0 Å². The summed E-state index contributed by atoms with van der Waals surface area (Å²) in [4.78, 5) is 40.2. The number of amides is 2. The first kappa shape index (κ1) is 24.2. The zero-order valence-electron chi connectivity index (χ0n) is 21.3. The van der Waals surface area contributed by atoms with E-state index >= 15 is 0 Å². The van der Waals surface area contributed by atoms with Gasteiger partial charge in [0.05, 0.1) is 11.1 Å². The molecule has 0 atom stereocenters. The number of hydrogen-bond acceptors (Lipinski definition) is 7. The van der Waals surface area contributed by atoms with Gasteiger partial charge < -0.3 is 20.9 Å².